The standard InChI is InChI=1S/C19H25NO3S/c1-6-22-14-10-8-13(9-11-14)12-15-16(17(21)23-7-2)24-18(20-15)19(3,4)5/h8-11H,6-7,12H2,1-5H3. The third kappa shape index (κ3) is 4.57. The van der Waals surface area contributed by atoms with E-state index >= 15 is 0 Å². The van der Waals surface area contributed by atoms with E-state index in [4.69, 9.17) is 14.5 Å². The summed E-state index contributed by atoms with van der Waals surface area (Å²) in [5, 5.41) is 0.950. The number of carbonyl (C=O) groups excluding carboxylic acids is 1. The highest BCUT2D eigenvalue weighted by Gasteiger charge is 2.25. The van der Waals surface area contributed by atoms with Crippen LogP contribution in [0, 0.1) is 0 Å². The van der Waals surface area contributed by atoms with Crippen LogP contribution in [-0.2, 0) is 16.6 Å². The van der Waals surface area contributed by atoms with Gasteiger partial charge in [-0.15, -0.1) is 11.3 Å². The molecular formula is C19H25NO3S. The van der Waals surface area contributed by atoms with E-state index in [-0.39, 0.29) is 11.4 Å². The van der Waals surface area contributed by atoms with Crippen LogP contribution in [0.15, 0.2) is 24.3 Å². The maximum atomic E-state index is 12.3. The summed E-state index contributed by atoms with van der Waals surface area (Å²) < 4.78 is 10.7. The van der Waals surface area contributed by atoms with E-state index in [0.29, 0.717) is 24.5 Å². The van der Waals surface area contributed by atoms with Gasteiger partial charge in [-0.1, -0.05) is 32.9 Å². The molecule has 0 aliphatic heterocycles. The van der Waals surface area contributed by atoms with Crippen LogP contribution in [0.1, 0.15) is 60.6 Å². The summed E-state index contributed by atoms with van der Waals surface area (Å²) in [7, 11) is 0. The van der Waals surface area contributed by atoms with Gasteiger partial charge in [0.25, 0.3) is 0 Å². The molecule has 0 fully saturated rings. The Hall–Kier alpha value is -1.88. The first-order valence-corrected chi connectivity index (χ1v) is 9.05. The number of hydrogen-bond acceptors (Lipinski definition) is 5. The lowest BCUT2D eigenvalue weighted by molar-refractivity contribution is 0.0530. The molecule has 1 aromatic carbocycles. The van der Waals surface area contributed by atoms with E-state index < -0.39 is 0 Å². The van der Waals surface area contributed by atoms with Crippen molar-refractivity contribution in [2.45, 2.75) is 46.5 Å². The second-order valence-corrected chi connectivity index (χ2v) is 7.52. The number of ether oxygens (including phenoxy) is 2. The Morgan fingerprint density at radius 3 is 2.33 bits per heavy atom. The molecule has 24 heavy (non-hydrogen) atoms. The van der Waals surface area contributed by atoms with Crippen molar-refractivity contribution in [1.29, 1.82) is 0 Å². The lowest BCUT2D eigenvalue weighted by Gasteiger charge is -2.13. The van der Waals surface area contributed by atoms with E-state index in [0.717, 1.165) is 22.0 Å². The van der Waals surface area contributed by atoms with Crippen LogP contribution in [0.2, 0.25) is 0 Å². The number of aromatic nitrogens is 1. The van der Waals surface area contributed by atoms with Gasteiger partial charge in [-0.05, 0) is 31.5 Å². The van der Waals surface area contributed by atoms with Gasteiger partial charge in [0.05, 0.1) is 23.9 Å². The Kier molecular flexibility index (Phi) is 5.99. The fourth-order valence-electron chi connectivity index (χ4n) is 2.21. The first kappa shape index (κ1) is 18.5. The fraction of sp³-hybridized carbons (Fsp3) is 0.474. The summed E-state index contributed by atoms with van der Waals surface area (Å²) >= 11 is 1.43. The third-order valence-corrected chi connectivity index (χ3v) is 4.91. The molecule has 1 heterocycles. The topological polar surface area (TPSA) is 48.4 Å². The first-order chi connectivity index (χ1) is 11.3. The van der Waals surface area contributed by atoms with Crippen LogP contribution in [0.3, 0.4) is 0 Å². The second kappa shape index (κ2) is 7.79. The smallest absolute Gasteiger partial charge is 0.350 e. The molecular weight excluding hydrogens is 322 g/mol. The predicted molar refractivity (Wildman–Crippen MR) is 97.2 cm³/mol. The molecule has 0 bridgehead atoms. The summed E-state index contributed by atoms with van der Waals surface area (Å²) in [6.07, 6.45) is 0.604. The highest BCUT2D eigenvalue weighted by atomic mass is 32.1. The van der Waals surface area contributed by atoms with Crippen molar-refractivity contribution in [3.63, 3.8) is 0 Å². The minimum atomic E-state index is -0.286. The fourth-order valence-corrected chi connectivity index (χ4v) is 3.25. The predicted octanol–water partition coefficient (Wildman–Crippen LogP) is 4.61. The van der Waals surface area contributed by atoms with E-state index in [1.165, 1.54) is 11.3 Å². The quantitative estimate of drug-likeness (QED) is 0.716. The molecule has 4 nitrogen and oxygen atoms in total. The van der Waals surface area contributed by atoms with Crippen molar-refractivity contribution >= 4 is 17.3 Å². The Labute approximate surface area is 147 Å². The van der Waals surface area contributed by atoms with Crippen molar-refractivity contribution < 1.29 is 14.3 Å². The molecule has 1 aromatic heterocycles. The van der Waals surface area contributed by atoms with Crippen LogP contribution >= 0.6 is 11.3 Å². The molecule has 0 spiro atoms. The number of carbonyl (C=O) groups is 1. The molecule has 5 heteroatoms. The van der Waals surface area contributed by atoms with E-state index in [9.17, 15) is 4.79 Å². The van der Waals surface area contributed by atoms with Crippen LogP contribution in [0.4, 0.5) is 0 Å². The van der Waals surface area contributed by atoms with Gasteiger partial charge in [-0.25, -0.2) is 9.78 Å². The van der Waals surface area contributed by atoms with E-state index in [2.05, 4.69) is 20.8 Å². The van der Waals surface area contributed by atoms with Crippen molar-refractivity contribution in [3.8, 4) is 5.75 Å². The molecule has 2 aromatic rings. The normalized spacial score (nSPS) is 11.4. The van der Waals surface area contributed by atoms with Gasteiger partial charge in [0, 0.05) is 11.8 Å². The molecule has 0 radical (unpaired) electrons. The van der Waals surface area contributed by atoms with E-state index in [1.54, 1.807) is 0 Å². The molecule has 0 saturated carbocycles. The molecule has 2 rings (SSSR count). The molecule has 0 aliphatic carbocycles. The van der Waals surface area contributed by atoms with Crippen molar-refractivity contribution in [1.82, 2.24) is 4.98 Å². The van der Waals surface area contributed by atoms with Gasteiger partial charge in [0.15, 0.2) is 0 Å². The summed E-state index contributed by atoms with van der Waals surface area (Å²) in [5.74, 6) is 0.562. The Morgan fingerprint density at radius 1 is 1.12 bits per heavy atom. The minimum absolute atomic E-state index is 0.0943. The molecule has 130 valence electrons. The molecule has 0 aliphatic rings. The van der Waals surface area contributed by atoms with Gasteiger partial charge in [0.2, 0.25) is 0 Å². The number of esters is 1. The SMILES string of the molecule is CCOC(=O)c1sc(C(C)(C)C)nc1Cc1ccc(OCC)cc1. The zero-order valence-electron chi connectivity index (χ0n) is 15.0. The van der Waals surface area contributed by atoms with Crippen molar-refractivity contribution in [3.05, 3.63) is 45.4 Å². The summed E-state index contributed by atoms with van der Waals surface area (Å²) in [4.78, 5) is 17.6. The maximum absolute atomic E-state index is 12.3. The van der Waals surface area contributed by atoms with Crippen molar-refractivity contribution in [2.24, 2.45) is 0 Å². The first-order valence-electron chi connectivity index (χ1n) is 8.24. The maximum Gasteiger partial charge on any atom is 0.350 e. The average molecular weight is 347 g/mol. The lowest BCUT2D eigenvalue weighted by Crippen LogP contribution is -2.10. The average Bonchev–Trinajstić information content (AvgIpc) is 2.94. The summed E-state index contributed by atoms with van der Waals surface area (Å²) in [5.41, 5.74) is 1.78. The molecule has 0 amide bonds. The molecule has 0 unspecified atom stereocenters. The lowest BCUT2D eigenvalue weighted by atomic mass is 9.98. The minimum Gasteiger partial charge on any atom is -0.494 e. The zero-order valence-corrected chi connectivity index (χ0v) is 15.8. The van der Waals surface area contributed by atoms with E-state index in [1.807, 2.05) is 38.1 Å². The highest BCUT2D eigenvalue weighted by Crippen LogP contribution is 2.31. The number of thiazole rings is 1. The largest absolute Gasteiger partial charge is 0.494 e. The van der Waals surface area contributed by atoms with Gasteiger partial charge in [-0.3, -0.25) is 0 Å². The van der Waals surface area contributed by atoms with Gasteiger partial charge >= 0.3 is 5.97 Å². The molecule has 0 atom stereocenters. The van der Waals surface area contributed by atoms with Gasteiger partial charge < -0.3 is 9.47 Å². The summed E-state index contributed by atoms with van der Waals surface area (Å²) in [6.45, 7) is 11.1. The monoisotopic (exact) mass is 347 g/mol. The Balaban J connectivity index is 2.30. The second-order valence-electron chi connectivity index (χ2n) is 6.52. The summed E-state index contributed by atoms with van der Waals surface area (Å²) in [6, 6.07) is 7.91. The van der Waals surface area contributed by atoms with Crippen LogP contribution in [-0.4, -0.2) is 24.2 Å². The zero-order chi connectivity index (χ0) is 17.7. The van der Waals surface area contributed by atoms with Gasteiger partial charge in [0.1, 0.15) is 10.6 Å². The Morgan fingerprint density at radius 2 is 1.79 bits per heavy atom. The number of nitrogens with zero attached hydrogens (tertiary/aromatic N) is 1. The number of hydrogen-bond donors (Lipinski definition) is 0. The van der Waals surface area contributed by atoms with Crippen molar-refractivity contribution in [2.75, 3.05) is 13.2 Å². The number of rotatable bonds is 6. The van der Waals surface area contributed by atoms with Crippen LogP contribution < -0.4 is 4.74 Å². The number of benzene rings is 1. The van der Waals surface area contributed by atoms with Gasteiger partial charge in [-0.2, -0.15) is 0 Å². The third-order valence-electron chi connectivity index (χ3n) is 3.41. The Bertz CT molecular complexity index is 684. The van der Waals surface area contributed by atoms with Crippen LogP contribution in [0.25, 0.3) is 0 Å². The van der Waals surface area contributed by atoms with Crippen LogP contribution in [0.5, 0.6) is 5.75 Å². The molecule has 0 N–H and O–H groups in total. The molecule has 0 saturated heterocycles. The highest BCUT2D eigenvalue weighted by molar-refractivity contribution is 7.13.